The van der Waals surface area contributed by atoms with Gasteiger partial charge < -0.3 is 0 Å². The van der Waals surface area contributed by atoms with Gasteiger partial charge in [0.05, 0.1) is 10.2 Å². The zero-order chi connectivity index (χ0) is 31.2. The summed E-state index contributed by atoms with van der Waals surface area (Å²) in [5, 5.41) is 5.84. The monoisotopic (exact) mass is 618 g/mol. The molecule has 0 N–H and O–H groups in total. The molecule has 0 unspecified atom stereocenters. The maximum Gasteiger partial charge on any atom is 0.165 e. The van der Waals surface area contributed by atoms with E-state index in [-0.39, 0.29) is 0 Å². The van der Waals surface area contributed by atoms with Crippen LogP contribution in [0.5, 0.6) is 0 Å². The van der Waals surface area contributed by atoms with Gasteiger partial charge in [-0.1, -0.05) is 146 Å². The molecular weight excluding hydrogens is 593 g/mol. The molecule has 0 spiro atoms. The molecule has 9 rings (SSSR count). The van der Waals surface area contributed by atoms with E-state index in [0.717, 1.165) is 48.6 Å². The Morgan fingerprint density at radius 2 is 0.872 bits per heavy atom. The predicted octanol–water partition coefficient (Wildman–Crippen LogP) is 11.1. The molecule has 0 saturated heterocycles. The van der Waals surface area contributed by atoms with E-state index in [4.69, 9.17) is 19.9 Å². The summed E-state index contributed by atoms with van der Waals surface area (Å²) in [5.41, 5.74) is 7.09. The zero-order valence-electron chi connectivity index (χ0n) is 25.2. The van der Waals surface area contributed by atoms with Gasteiger partial charge in [-0.2, -0.15) is 0 Å². The van der Waals surface area contributed by atoms with Crippen LogP contribution in [0.25, 0.3) is 87.6 Å². The van der Waals surface area contributed by atoms with Crippen LogP contribution in [-0.4, -0.2) is 19.9 Å². The summed E-state index contributed by atoms with van der Waals surface area (Å²) in [6.07, 6.45) is 0. The zero-order valence-corrected chi connectivity index (χ0v) is 26.0. The summed E-state index contributed by atoms with van der Waals surface area (Å²) in [5.74, 6) is 1.90. The maximum absolute atomic E-state index is 5.34. The van der Waals surface area contributed by atoms with E-state index in [0.29, 0.717) is 17.5 Å². The lowest BCUT2D eigenvalue weighted by Gasteiger charge is -2.13. The molecule has 0 amide bonds. The molecule has 47 heavy (non-hydrogen) atoms. The first-order chi connectivity index (χ1) is 23.3. The molecule has 0 saturated carbocycles. The van der Waals surface area contributed by atoms with Gasteiger partial charge in [0.2, 0.25) is 0 Å². The van der Waals surface area contributed by atoms with Crippen molar-refractivity contribution in [1.29, 1.82) is 0 Å². The first-order valence-electron chi connectivity index (χ1n) is 15.6. The number of thiazole rings is 1. The topological polar surface area (TPSA) is 51.6 Å². The Morgan fingerprint density at radius 1 is 0.362 bits per heavy atom. The molecule has 7 aromatic carbocycles. The van der Waals surface area contributed by atoms with Crippen LogP contribution >= 0.6 is 11.3 Å². The molecule has 2 heterocycles. The Balaban J connectivity index is 1.33. The van der Waals surface area contributed by atoms with Gasteiger partial charge >= 0.3 is 0 Å². The Kier molecular flexibility index (Phi) is 6.61. The maximum atomic E-state index is 5.34. The highest BCUT2D eigenvalue weighted by atomic mass is 32.1. The number of hydrogen-bond donors (Lipinski definition) is 0. The average Bonchev–Trinajstić information content (AvgIpc) is 3.61. The van der Waals surface area contributed by atoms with Crippen molar-refractivity contribution in [2.45, 2.75) is 0 Å². The lowest BCUT2D eigenvalue weighted by atomic mass is 9.92. The number of hydrogen-bond acceptors (Lipinski definition) is 5. The van der Waals surface area contributed by atoms with Crippen molar-refractivity contribution >= 4 is 43.1 Å². The Hall–Kier alpha value is -6.04. The van der Waals surface area contributed by atoms with Gasteiger partial charge in [0, 0.05) is 27.8 Å². The van der Waals surface area contributed by atoms with Crippen LogP contribution < -0.4 is 0 Å². The summed E-state index contributed by atoms with van der Waals surface area (Å²) in [6.45, 7) is 0. The second-order valence-electron chi connectivity index (χ2n) is 11.5. The second-order valence-corrected chi connectivity index (χ2v) is 12.5. The highest BCUT2D eigenvalue weighted by Gasteiger charge is 2.21. The standard InChI is InChI=1S/C42H26N4S/c1-4-14-27(15-5-1)39-44-40(28-16-6-2-7-17-28)46-41(45-39)35-25-24-34(37-38(35)47-42(43-37)29-18-8-3-9-19-29)36-26-30-20-10-11-21-31(30)32-22-12-13-23-33(32)36/h1-26H. The van der Waals surface area contributed by atoms with E-state index in [1.807, 2.05) is 66.7 Å². The van der Waals surface area contributed by atoms with Crippen LogP contribution in [0, 0.1) is 0 Å². The Morgan fingerprint density at radius 3 is 1.53 bits per heavy atom. The van der Waals surface area contributed by atoms with Gasteiger partial charge in [-0.15, -0.1) is 11.3 Å². The van der Waals surface area contributed by atoms with Gasteiger partial charge in [0.25, 0.3) is 0 Å². The highest BCUT2D eigenvalue weighted by Crippen LogP contribution is 2.44. The lowest BCUT2D eigenvalue weighted by Crippen LogP contribution is -2.00. The van der Waals surface area contributed by atoms with Gasteiger partial charge in [0.1, 0.15) is 5.01 Å². The summed E-state index contributed by atoms with van der Waals surface area (Å²) in [7, 11) is 0. The van der Waals surface area contributed by atoms with Crippen molar-refractivity contribution in [3.8, 4) is 55.9 Å². The molecule has 0 aliphatic carbocycles. The van der Waals surface area contributed by atoms with Gasteiger partial charge in [0.15, 0.2) is 17.5 Å². The van der Waals surface area contributed by atoms with Gasteiger partial charge in [-0.05, 0) is 39.2 Å². The number of rotatable bonds is 5. The molecule has 5 heteroatoms. The van der Waals surface area contributed by atoms with E-state index < -0.39 is 0 Å². The molecule has 0 radical (unpaired) electrons. The smallest absolute Gasteiger partial charge is 0.165 e. The number of aromatic nitrogens is 4. The minimum Gasteiger partial charge on any atom is -0.235 e. The van der Waals surface area contributed by atoms with E-state index >= 15 is 0 Å². The SMILES string of the molecule is c1ccc(-c2nc(-c3ccccc3)nc(-c3ccc(-c4cc5ccccc5c5ccccc45)c4nc(-c5ccccc5)sc34)n2)cc1. The molecule has 0 aliphatic rings. The van der Waals surface area contributed by atoms with Gasteiger partial charge in [-0.3, -0.25) is 0 Å². The largest absolute Gasteiger partial charge is 0.235 e. The van der Waals surface area contributed by atoms with E-state index in [1.54, 1.807) is 11.3 Å². The van der Waals surface area contributed by atoms with Crippen molar-refractivity contribution in [3.05, 3.63) is 158 Å². The van der Waals surface area contributed by atoms with E-state index in [9.17, 15) is 0 Å². The van der Waals surface area contributed by atoms with Crippen LogP contribution in [0.3, 0.4) is 0 Å². The van der Waals surface area contributed by atoms with Crippen molar-refractivity contribution in [1.82, 2.24) is 19.9 Å². The third-order valence-corrected chi connectivity index (χ3v) is 9.70. The third-order valence-electron chi connectivity index (χ3n) is 8.56. The third kappa shape index (κ3) is 4.85. The predicted molar refractivity (Wildman–Crippen MR) is 195 cm³/mol. The van der Waals surface area contributed by atoms with Crippen molar-refractivity contribution in [3.63, 3.8) is 0 Å². The highest BCUT2D eigenvalue weighted by molar-refractivity contribution is 7.22. The van der Waals surface area contributed by atoms with E-state index in [1.165, 1.54) is 21.5 Å². The van der Waals surface area contributed by atoms with Crippen LogP contribution in [-0.2, 0) is 0 Å². The number of nitrogens with zero attached hydrogens (tertiary/aromatic N) is 4. The minimum atomic E-state index is 0.626. The molecule has 0 fully saturated rings. The summed E-state index contributed by atoms with van der Waals surface area (Å²) in [4.78, 5) is 20.4. The fourth-order valence-electron chi connectivity index (χ4n) is 6.31. The van der Waals surface area contributed by atoms with Crippen LogP contribution in [0.15, 0.2) is 158 Å². The molecule has 0 aliphatic heterocycles. The van der Waals surface area contributed by atoms with Crippen LogP contribution in [0.2, 0.25) is 0 Å². The van der Waals surface area contributed by atoms with E-state index in [2.05, 4.69) is 91.0 Å². The number of fused-ring (bicyclic) bond motifs is 4. The average molecular weight is 619 g/mol. The van der Waals surface area contributed by atoms with Crippen LogP contribution in [0.4, 0.5) is 0 Å². The quantitative estimate of drug-likeness (QED) is 0.180. The Bertz CT molecular complexity index is 2500. The molecule has 220 valence electrons. The molecule has 0 bridgehead atoms. The first kappa shape index (κ1) is 27.3. The fourth-order valence-corrected chi connectivity index (χ4v) is 7.42. The normalized spacial score (nSPS) is 11.4. The fraction of sp³-hybridized carbons (Fsp3) is 0. The molecule has 4 nitrogen and oxygen atoms in total. The molecule has 9 aromatic rings. The molecule has 0 atom stereocenters. The second kappa shape index (κ2) is 11.4. The first-order valence-corrected chi connectivity index (χ1v) is 16.4. The minimum absolute atomic E-state index is 0.626. The summed E-state index contributed by atoms with van der Waals surface area (Å²) >= 11 is 1.68. The van der Waals surface area contributed by atoms with Crippen molar-refractivity contribution in [2.75, 3.05) is 0 Å². The van der Waals surface area contributed by atoms with Crippen molar-refractivity contribution in [2.24, 2.45) is 0 Å². The van der Waals surface area contributed by atoms with Crippen molar-refractivity contribution < 1.29 is 0 Å². The molecule has 2 aromatic heterocycles. The molecular formula is C42H26N4S. The Labute approximate surface area is 275 Å². The summed E-state index contributed by atoms with van der Waals surface area (Å²) in [6, 6.07) is 54.5. The number of benzene rings is 7. The van der Waals surface area contributed by atoms with Crippen LogP contribution in [0.1, 0.15) is 0 Å². The lowest BCUT2D eigenvalue weighted by molar-refractivity contribution is 1.08. The summed E-state index contributed by atoms with van der Waals surface area (Å²) < 4.78 is 1.04. The van der Waals surface area contributed by atoms with Gasteiger partial charge in [-0.25, -0.2) is 19.9 Å².